The van der Waals surface area contributed by atoms with Crippen molar-refractivity contribution in [2.24, 2.45) is 0 Å². The van der Waals surface area contributed by atoms with Crippen LogP contribution in [0.25, 0.3) is 0 Å². The number of halogens is 1. The Bertz CT molecular complexity index is 405. The van der Waals surface area contributed by atoms with Gasteiger partial charge < -0.3 is 10.0 Å². The smallest absolute Gasteiger partial charge is 0.338 e. The topological polar surface area (TPSA) is 53.4 Å². The van der Waals surface area contributed by atoms with E-state index in [9.17, 15) is 9.18 Å². The van der Waals surface area contributed by atoms with Crippen LogP contribution in [0.2, 0.25) is 0 Å². The summed E-state index contributed by atoms with van der Waals surface area (Å²) in [5, 5.41) is 8.84. The van der Waals surface area contributed by atoms with E-state index in [1.54, 1.807) is 11.9 Å². The normalized spacial score (nSPS) is 10.6. The molecule has 0 amide bonds. The fourth-order valence-corrected chi connectivity index (χ4v) is 1.85. The molecule has 4 nitrogen and oxygen atoms in total. The van der Waals surface area contributed by atoms with Crippen LogP contribution in [0.1, 0.15) is 37.0 Å². The van der Waals surface area contributed by atoms with Crippen LogP contribution in [0.5, 0.6) is 0 Å². The SMILES string of the molecule is CCC(CC)N(C)c1nccc(C(=O)O)c1F. The molecule has 94 valence electrons. The van der Waals surface area contributed by atoms with Gasteiger partial charge in [0.25, 0.3) is 0 Å². The van der Waals surface area contributed by atoms with Crippen LogP contribution in [0.4, 0.5) is 10.2 Å². The second-order valence-corrected chi connectivity index (χ2v) is 3.88. The number of carbonyl (C=O) groups is 1. The molecule has 0 aromatic carbocycles. The van der Waals surface area contributed by atoms with E-state index < -0.39 is 11.8 Å². The van der Waals surface area contributed by atoms with Crippen LogP contribution in [-0.4, -0.2) is 29.1 Å². The zero-order chi connectivity index (χ0) is 13.0. The lowest BCUT2D eigenvalue weighted by atomic mass is 10.1. The Morgan fingerprint density at radius 3 is 2.59 bits per heavy atom. The van der Waals surface area contributed by atoms with E-state index >= 15 is 0 Å². The van der Waals surface area contributed by atoms with E-state index in [0.29, 0.717) is 0 Å². The van der Waals surface area contributed by atoms with Gasteiger partial charge in [0.1, 0.15) is 5.56 Å². The van der Waals surface area contributed by atoms with Crippen LogP contribution < -0.4 is 4.90 Å². The average Bonchev–Trinajstić information content (AvgIpc) is 2.30. The number of nitrogens with zero attached hydrogens (tertiary/aromatic N) is 2. The number of hydrogen-bond donors (Lipinski definition) is 1. The molecule has 0 fully saturated rings. The maximum atomic E-state index is 13.9. The lowest BCUT2D eigenvalue weighted by molar-refractivity contribution is 0.0691. The number of hydrogen-bond acceptors (Lipinski definition) is 3. The average molecular weight is 240 g/mol. The summed E-state index contributed by atoms with van der Waals surface area (Å²) in [6.45, 7) is 4.01. The molecule has 1 rings (SSSR count). The predicted molar refractivity (Wildman–Crippen MR) is 63.9 cm³/mol. The summed E-state index contributed by atoms with van der Waals surface area (Å²) in [5.41, 5.74) is -0.340. The summed E-state index contributed by atoms with van der Waals surface area (Å²) in [6, 6.07) is 1.32. The summed E-state index contributed by atoms with van der Waals surface area (Å²) >= 11 is 0. The highest BCUT2D eigenvalue weighted by molar-refractivity contribution is 5.88. The Morgan fingerprint density at radius 1 is 1.53 bits per heavy atom. The molecule has 5 heteroatoms. The first-order chi connectivity index (χ1) is 8.02. The molecule has 0 aliphatic rings. The highest BCUT2D eigenvalue weighted by atomic mass is 19.1. The van der Waals surface area contributed by atoms with Crippen molar-refractivity contribution in [1.29, 1.82) is 0 Å². The Morgan fingerprint density at radius 2 is 2.12 bits per heavy atom. The van der Waals surface area contributed by atoms with Gasteiger partial charge in [-0.3, -0.25) is 0 Å². The minimum Gasteiger partial charge on any atom is -0.478 e. The highest BCUT2D eigenvalue weighted by Gasteiger charge is 2.20. The second-order valence-electron chi connectivity index (χ2n) is 3.88. The minimum absolute atomic E-state index is 0.0959. The third-order valence-corrected chi connectivity index (χ3v) is 2.93. The number of aromatic carboxylic acids is 1. The predicted octanol–water partition coefficient (Wildman–Crippen LogP) is 2.54. The van der Waals surface area contributed by atoms with Crippen molar-refractivity contribution in [3.63, 3.8) is 0 Å². The van der Waals surface area contributed by atoms with Crippen LogP contribution in [-0.2, 0) is 0 Å². The molecule has 0 unspecified atom stereocenters. The molecule has 1 aromatic rings. The summed E-state index contributed by atoms with van der Waals surface area (Å²) < 4.78 is 13.9. The maximum absolute atomic E-state index is 13.9. The summed E-state index contributed by atoms with van der Waals surface area (Å²) in [5.74, 6) is -1.95. The molecule has 1 aromatic heterocycles. The summed E-state index contributed by atoms with van der Waals surface area (Å²) in [7, 11) is 1.73. The van der Waals surface area contributed by atoms with Gasteiger partial charge in [-0.2, -0.15) is 0 Å². The molecule has 1 heterocycles. The quantitative estimate of drug-likeness (QED) is 0.859. The largest absolute Gasteiger partial charge is 0.478 e. The van der Waals surface area contributed by atoms with Crippen molar-refractivity contribution in [1.82, 2.24) is 4.98 Å². The van der Waals surface area contributed by atoms with Crippen molar-refractivity contribution in [2.45, 2.75) is 32.7 Å². The van der Waals surface area contributed by atoms with Crippen molar-refractivity contribution >= 4 is 11.8 Å². The first-order valence-corrected chi connectivity index (χ1v) is 5.63. The summed E-state index contributed by atoms with van der Waals surface area (Å²) in [4.78, 5) is 16.4. The first-order valence-electron chi connectivity index (χ1n) is 5.63. The van der Waals surface area contributed by atoms with Crippen molar-refractivity contribution in [2.75, 3.05) is 11.9 Å². The van der Waals surface area contributed by atoms with Crippen molar-refractivity contribution < 1.29 is 14.3 Å². The standard InChI is InChI=1S/C12H17FN2O2/c1-4-8(5-2)15(3)11-10(13)9(12(16)17)6-7-14-11/h6-8H,4-5H2,1-3H3,(H,16,17). The zero-order valence-corrected chi connectivity index (χ0v) is 10.3. The van der Waals surface area contributed by atoms with Gasteiger partial charge >= 0.3 is 5.97 Å². The molecule has 0 aliphatic carbocycles. The van der Waals surface area contributed by atoms with E-state index in [1.807, 2.05) is 13.8 Å². The van der Waals surface area contributed by atoms with Gasteiger partial charge in [0.05, 0.1) is 0 Å². The van der Waals surface area contributed by atoms with E-state index in [0.717, 1.165) is 12.8 Å². The molecule has 0 saturated carbocycles. The third-order valence-electron chi connectivity index (χ3n) is 2.93. The number of rotatable bonds is 5. The minimum atomic E-state index is -1.27. The molecule has 1 N–H and O–H groups in total. The molecular formula is C12H17FN2O2. The van der Waals surface area contributed by atoms with E-state index in [2.05, 4.69) is 4.98 Å². The van der Waals surface area contributed by atoms with Crippen molar-refractivity contribution in [3.8, 4) is 0 Å². The van der Waals surface area contributed by atoms with Gasteiger partial charge in [0, 0.05) is 19.3 Å². The van der Waals surface area contributed by atoms with Crippen LogP contribution in [0.15, 0.2) is 12.3 Å². The van der Waals surface area contributed by atoms with E-state index in [1.165, 1.54) is 12.3 Å². The number of carboxylic acid groups (broad SMARTS) is 1. The highest BCUT2D eigenvalue weighted by Crippen LogP contribution is 2.22. The molecule has 0 spiro atoms. The molecule has 0 radical (unpaired) electrons. The van der Waals surface area contributed by atoms with Gasteiger partial charge in [-0.25, -0.2) is 14.2 Å². The molecule has 0 bridgehead atoms. The summed E-state index contributed by atoms with van der Waals surface area (Å²) in [6.07, 6.45) is 3.03. The number of carboxylic acids is 1. The number of pyridine rings is 1. The number of aromatic nitrogens is 1. The number of anilines is 1. The Balaban J connectivity index is 3.14. The Hall–Kier alpha value is -1.65. The first kappa shape index (κ1) is 13.4. The molecule has 17 heavy (non-hydrogen) atoms. The van der Waals surface area contributed by atoms with Gasteiger partial charge in [0.15, 0.2) is 11.6 Å². The van der Waals surface area contributed by atoms with E-state index in [-0.39, 0.29) is 17.4 Å². The van der Waals surface area contributed by atoms with Gasteiger partial charge in [-0.15, -0.1) is 0 Å². The molecular weight excluding hydrogens is 223 g/mol. The molecule has 0 atom stereocenters. The van der Waals surface area contributed by atoms with Crippen LogP contribution >= 0.6 is 0 Å². The van der Waals surface area contributed by atoms with Crippen molar-refractivity contribution in [3.05, 3.63) is 23.6 Å². The lowest BCUT2D eigenvalue weighted by Gasteiger charge is -2.27. The van der Waals surface area contributed by atoms with Gasteiger partial charge in [-0.05, 0) is 18.9 Å². The van der Waals surface area contributed by atoms with Gasteiger partial charge in [0.2, 0.25) is 0 Å². The monoisotopic (exact) mass is 240 g/mol. The fraction of sp³-hybridized carbons (Fsp3) is 0.500. The van der Waals surface area contributed by atoms with Crippen LogP contribution in [0.3, 0.4) is 0 Å². The maximum Gasteiger partial charge on any atom is 0.338 e. The Labute approximate surface area is 100 Å². The zero-order valence-electron chi connectivity index (χ0n) is 10.3. The lowest BCUT2D eigenvalue weighted by Crippen LogP contribution is -2.32. The van der Waals surface area contributed by atoms with Gasteiger partial charge in [-0.1, -0.05) is 13.8 Å². The second kappa shape index (κ2) is 5.61. The molecule has 0 aliphatic heterocycles. The van der Waals surface area contributed by atoms with E-state index in [4.69, 9.17) is 5.11 Å². The fourth-order valence-electron chi connectivity index (χ4n) is 1.85. The Kier molecular flexibility index (Phi) is 4.43. The molecule has 0 saturated heterocycles. The third kappa shape index (κ3) is 2.72. The van der Waals surface area contributed by atoms with Crippen LogP contribution in [0, 0.1) is 5.82 Å².